The maximum atomic E-state index is 14.0. The SMILES string of the molecule is CC(C)=C1C(c2cccc(F)c2F)=C(F)C(F)=C(F)C1F. The molecule has 1 aliphatic carbocycles. The van der Waals surface area contributed by atoms with Gasteiger partial charge in [-0.25, -0.2) is 26.3 Å². The highest BCUT2D eigenvalue weighted by atomic mass is 19.2. The molecule has 0 aromatic heterocycles. The Balaban J connectivity index is 2.85. The van der Waals surface area contributed by atoms with Crippen LogP contribution in [-0.4, -0.2) is 6.17 Å². The molecule has 0 radical (unpaired) electrons. The molecule has 1 aliphatic rings. The lowest BCUT2D eigenvalue weighted by atomic mass is 9.86. The summed E-state index contributed by atoms with van der Waals surface area (Å²) in [7, 11) is 0. The van der Waals surface area contributed by atoms with Crippen molar-refractivity contribution in [1.82, 2.24) is 0 Å². The second-order valence-electron chi connectivity index (χ2n) is 4.73. The van der Waals surface area contributed by atoms with Gasteiger partial charge in [0, 0.05) is 16.7 Å². The van der Waals surface area contributed by atoms with E-state index < -0.39 is 52.0 Å². The summed E-state index contributed by atoms with van der Waals surface area (Å²) in [5.41, 5.74) is -1.89. The largest absolute Gasteiger partial charge is 0.234 e. The molecule has 6 heteroatoms. The zero-order chi connectivity index (χ0) is 15.9. The van der Waals surface area contributed by atoms with Crippen LogP contribution in [0.15, 0.2) is 46.8 Å². The van der Waals surface area contributed by atoms with Gasteiger partial charge in [-0.05, 0) is 19.9 Å². The molecular weight excluding hydrogens is 294 g/mol. The van der Waals surface area contributed by atoms with E-state index in [4.69, 9.17) is 0 Å². The van der Waals surface area contributed by atoms with E-state index in [-0.39, 0.29) is 5.57 Å². The van der Waals surface area contributed by atoms with Crippen molar-refractivity contribution < 1.29 is 26.3 Å². The van der Waals surface area contributed by atoms with Gasteiger partial charge in [0.15, 0.2) is 35.3 Å². The lowest BCUT2D eigenvalue weighted by Crippen LogP contribution is -2.17. The molecule has 21 heavy (non-hydrogen) atoms. The Morgan fingerprint density at radius 3 is 2.14 bits per heavy atom. The zero-order valence-corrected chi connectivity index (χ0v) is 11.1. The van der Waals surface area contributed by atoms with Gasteiger partial charge in [-0.1, -0.05) is 17.7 Å². The Bertz CT molecular complexity index is 692. The van der Waals surface area contributed by atoms with Crippen molar-refractivity contribution in [3.05, 3.63) is 64.0 Å². The van der Waals surface area contributed by atoms with Crippen LogP contribution in [0.2, 0.25) is 0 Å². The van der Waals surface area contributed by atoms with Gasteiger partial charge in [-0.15, -0.1) is 0 Å². The van der Waals surface area contributed by atoms with E-state index in [9.17, 15) is 26.3 Å². The van der Waals surface area contributed by atoms with Crippen molar-refractivity contribution in [3.8, 4) is 0 Å². The lowest BCUT2D eigenvalue weighted by Gasteiger charge is -2.23. The number of allylic oxidation sites excluding steroid dienone is 6. The minimum absolute atomic E-state index is 0.124. The summed E-state index contributed by atoms with van der Waals surface area (Å²) in [4.78, 5) is 0. The number of hydrogen-bond donors (Lipinski definition) is 0. The van der Waals surface area contributed by atoms with Gasteiger partial charge in [0.25, 0.3) is 0 Å². The fourth-order valence-corrected chi connectivity index (χ4v) is 2.16. The normalized spacial score (nSPS) is 19.4. The number of rotatable bonds is 1. The van der Waals surface area contributed by atoms with Crippen LogP contribution in [0.3, 0.4) is 0 Å². The fourth-order valence-electron chi connectivity index (χ4n) is 2.16. The van der Waals surface area contributed by atoms with Crippen LogP contribution in [0, 0.1) is 11.6 Å². The highest BCUT2D eigenvalue weighted by Gasteiger charge is 2.37. The van der Waals surface area contributed by atoms with E-state index in [2.05, 4.69) is 0 Å². The minimum atomic E-state index is -2.56. The number of alkyl halides is 1. The van der Waals surface area contributed by atoms with Crippen LogP contribution in [-0.2, 0) is 0 Å². The lowest BCUT2D eigenvalue weighted by molar-refractivity contribution is 0.341. The fraction of sp³-hybridized carbons (Fsp3) is 0.200. The molecule has 0 saturated heterocycles. The average molecular weight is 304 g/mol. The number of benzene rings is 1. The van der Waals surface area contributed by atoms with Gasteiger partial charge in [0.1, 0.15) is 0 Å². The van der Waals surface area contributed by atoms with E-state index in [1.807, 2.05) is 0 Å². The predicted octanol–water partition coefficient (Wildman–Crippen LogP) is 5.48. The maximum absolute atomic E-state index is 14.0. The van der Waals surface area contributed by atoms with Gasteiger partial charge in [0.2, 0.25) is 0 Å². The van der Waals surface area contributed by atoms with Crippen molar-refractivity contribution in [3.63, 3.8) is 0 Å². The molecule has 1 atom stereocenters. The first-order valence-electron chi connectivity index (χ1n) is 5.98. The molecule has 2 rings (SSSR count). The van der Waals surface area contributed by atoms with Crippen molar-refractivity contribution in [2.45, 2.75) is 20.0 Å². The highest BCUT2D eigenvalue weighted by molar-refractivity contribution is 5.86. The van der Waals surface area contributed by atoms with Crippen LogP contribution in [0.1, 0.15) is 19.4 Å². The number of halogens is 6. The van der Waals surface area contributed by atoms with Crippen LogP contribution in [0.5, 0.6) is 0 Å². The molecule has 1 aromatic carbocycles. The smallest absolute Gasteiger partial charge is 0.194 e. The molecule has 0 spiro atoms. The van der Waals surface area contributed by atoms with Gasteiger partial charge >= 0.3 is 0 Å². The van der Waals surface area contributed by atoms with E-state index in [1.165, 1.54) is 13.8 Å². The first-order chi connectivity index (χ1) is 9.77. The summed E-state index contributed by atoms with van der Waals surface area (Å²) in [6.45, 7) is 2.67. The zero-order valence-electron chi connectivity index (χ0n) is 11.1. The third-order valence-electron chi connectivity index (χ3n) is 3.13. The molecule has 0 aliphatic heterocycles. The summed E-state index contributed by atoms with van der Waals surface area (Å²) in [6.07, 6.45) is -2.56. The van der Waals surface area contributed by atoms with E-state index in [1.54, 1.807) is 0 Å². The Morgan fingerprint density at radius 1 is 0.952 bits per heavy atom. The Labute approximate surface area is 117 Å². The third-order valence-corrected chi connectivity index (χ3v) is 3.13. The maximum Gasteiger partial charge on any atom is 0.194 e. The molecule has 0 heterocycles. The third kappa shape index (κ3) is 2.39. The summed E-state index contributed by atoms with van der Waals surface area (Å²) in [5, 5.41) is 0. The Hall–Kier alpha value is -1.98. The van der Waals surface area contributed by atoms with E-state index in [0.717, 1.165) is 18.2 Å². The van der Waals surface area contributed by atoms with Gasteiger partial charge in [0.05, 0.1) is 0 Å². The highest BCUT2D eigenvalue weighted by Crippen LogP contribution is 2.45. The number of hydrogen-bond acceptors (Lipinski definition) is 0. The summed E-state index contributed by atoms with van der Waals surface area (Å²) in [5.74, 6) is -8.45. The molecule has 0 N–H and O–H groups in total. The van der Waals surface area contributed by atoms with Gasteiger partial charge in [-0.3, -0.25) is 0 Å². The Kier molecular flexibility index (Phi) is 3.98. The van der Waals surface area contributed by atoms with E-state index >= 15 is 0 Å². The average Bonchev–Trinajstić information content (AvgIpc) is 2.43. The monoisotopic (exact) mass is 304 g/mol. The quantitative estimate of drug-likeness (QED) is 0.602. The summed E-state index contributed by atoms with van der Waals surface area (Å²) in [6, 6.07) is 2.82. The van der Waals surface area contributed by atoms with Crippen LogP contribution >= 0.6 is 0 Å². The first-order valence-corrected chi connectivity index (χ1v) is 5.98. The molecule has 0 amide bonds. The standard InChI is InChI=1S/C15H10F6/c1-6(2)9-10(7-4-3-5-8(16)11(7)17)13(19)15(21)14(20)12(9)18/h3-5,12H,1-2H3. The summed E-state index contributed by atoms with van der Waals surface area (Å²) < 4.78 is 81.7. The minimum Gasteiger partial charge on any atom is -0.234 e. The van der Waals surface area contributed by atoms with Crippen molar-refractivity contribution in [2.75, 3.05) is 0 Å². The van der Waals surface area contributed by atoms with Gasteiger partial charge in [-0.2, -0.15) is 0 Å². The van der Waals surface area contributed by atoms with E-state index in [0.29, 0.717) is 0 Å². The molecule has 0 bridgehead atoms. The Morgan fingerprint density at radius 2 is 1.57 bits per heavy atom. The van der Waals surface area contributed by atoms with Crippen LogP contribution in [0.4, 0.5) is 26.3 Å². The van der Waals surface area contributed by atoms with Crippen molar-refractivity contribution in [2.24, 2.45) is 0 Å². The first kappa shape index (κ1) is 15.4. The predicted molar refractivity (Wildman–Crippen MR) is 66.9 cm³/mol. The second kappa shape index (κ2) is 5.42. The van der Waals surface area contributed by atoms with Crippen LogP contribution in [0.25, 0.3) is 5.57 Å². The second-order valence-corrected chi connectivity index (χ2v) is 4.73. The molecule has 112 valence electrons. The van der Waals surface area contributed by atoms with Gasteiger partial charge < -0.3 is 0 Å². The summed E-state index contributed by atoms with van der Waals surface area (Å²) >= 11 is 0. The molecular formula is C15H10F6. The molecule has 0 saturated carbocycles. The van der Waals surface area contributed by atoms with Crippen molar-refractivity contribution in [1.29, 1.82) is 0 Å². The molecule has 0 nitrogen and oxygen atoms in total. The van der Waals surface area contributed by atoms with Crippen LogP contribution < -0.4 is 0 Å². The topological polar surface area (TPSA) is 0 Å². The molecule has 1 unspecified atom stereocenters. The molecule has 1 aromatic rings. The van der Waals surface area contributed by atoms with Crippen molar-refractivity contribution >= 4 is 5.57 Å². The molecule has 0 fully saturated rings.